The molecule has 0 fully saturated rings. The van der Waals surface area contributed by atoms with Crippen LogP contribution in [0.5, 0.6) is 0 Å². The van der Waals surface area contributed by atoms with Crippen LogP contribution in [0.25, 0.3) is 0 Å². The number of aliphatic carboxylic acids is 1. The fourth-order valence-electron chi connectivity index (χ4n) is 1.78. The number of carbonyl (C=O) groups excluding carboxylic acids is 1. The number of aromatic nitrogens is 2. The van der Waals surface area contributed by atoms with Crippen molar-refractivity contribution in [3.8, 4) is 0 Å². The quantitative estimate of drug-likeness (QED) is 0.796. The first-order chi connectivity index (χ1) is 7.73. The van der Waals surface area contributed by atoms with Crippen molar-refractivity contribution in [1.29, 1.82) is 0 Å². The highest BCUT2D eigenvalue weighted by Gasteiger charge is 2.28. The number of carbonyl (C=O) groups is 1. The maximum Gasteiger partial charge on any atom is 0.130 e. The van der Waals surface area contributed by atoms with E-state index in [1.54, 1.807) is 12.4 Å². The van der Waals surface area contributed by atoms with Crippen LogP contribution in [0.15, 0.2) is 12.4 Å². The fourth-order valence-corrected chi connectivity index (χ4v) is 1.78. The zero-order chi connectivity index (χ0) is 13.2. The molecule has 0 spiro atoms. The first-order valence-corrected chi connectivity index (χ1v) is 5.76. The first-order valence-electron chi connectivity index (χ1n) is 5.76. The summed E-state index contributed by atoms with van der Waals surface area (Å²) in [7, 11) is 0. The van der Waals surface area contributed by atoms with Crippen molar-refractivity contribution in [3.05, 3.63) is 23.8 Å². The minimum Gasteiger partial charge on any atom is -0.549 e. The lowest BCUT2D eigenvalue weighted by atomic mass is 9.77. The van der Waals surface area contributed by atoms with Crippen LogP contribution in [0, 0.1) is 5.41 Å². The molecule has 17 heavy (non-hydrogen) atoms. The van der Waals surface area contributed by atoms with Crippen LogP contribution >= 0.6 is 0 Å². The number of hydrogen-bond donors (Lipinski definition) is 0. The average molecular weight is 235 g/mol. The minimum absolute atomic E-state index is 0.236. The van der Waals surface area contributed by atoms with Crippen LogP contribution in [0.3, 0.4) is 0 Å². The van der Waals surface area contributed by atoms with Gasteiger partial charge in [-0.3, -0.25) is 0 Å². The maximum absolute atomic E-state index is 11.2. The molecule has 1 unspecified atom stereocenters. The molecule has 0 amide bonds. The lowest BCUT2D eigenvalue weighted by Gasteiger charge is -2.31. The third-order valence-corrected chi connectivity index (χ3v) is 2.64. The van der Waals surface area contributed by atoms with Crippen LogP contribution in [-0.2, 0) is 4.79 Å². The molecule has 0 aromatic carbocycles. The molecule has 0 bridgehead atoms. The van der Waals surface area contributed by atoms with Crippen LogP contribution in [-0.4, -0.2) is 15.9 Å². The van der Waals surface area contributed by atoms with E-state index in [0.717, 1.165) is 5.82 Å². The summed E-state index contributed by atoms with van der Waals surface area (Å²) in [5, 5.41) is 11.2. The van der Waals surface area contributed by atoms with Crippen molar-refractivity contribution in [2.75, 3.05) is 0 Å². The van der Waals surface area contributed by atoms with E-state index >= 15 is 0 Å². The van der Waals surface area contributed by atoms with E-state index in [1.165, 1.54) is 0 Å². The van der Waals surface area contributed by atoms with Crippen LogP contribution < -0.4 is 5.11 Å². The number of rotatable bonds is 3. The predicted molar refractivity (Wildman–Crippen MR) is 63.3 cm³/mol. The van der Waals surface area contributed by atoms with Gasteiger partial charge in [0.2, 0.25) is 0 Å². The van der Waals surface area contributed by atoms with Crippen LogP contribution in [0.2, 0.25) is 0 Å². The second kappa shape index (κ2) is 4.82. The van der Waals surface area contributed by atoms with Crippen LogP contribution in [0.4, 0.5) is 0 Å². The normalized spacial score (nSPS) is 13.8. The Bertz CT molecular complexity index is 391. The van der Waals surface area contributed by atoms with Gasteiger partial charge in [0.25, 0.3) is 0 Å². The van der Waals surface area contributed by atoms with Gasteiger partial charge in [0, 0.05) is 30.2 Å². The SMILES string of the molecule is CC(C)c1ncc(C(C(=O)[O-])C(C)(C)C)cn1. The van der Waals surface area contributed by atoms with E-state index in [1.807, 2.05) is 34.6 Å². The van der Waals surface area contributed by atoms with Crippen molar-refractivity contribution in [2.24, 2.45) is 5.41 Å². The lowest BCUT2D eigenvalue weighted by molar-refractivity contribution is -0.310. The Kier molecular flexibility index (Phi) is 3.86. The lowest BCUT2D eigenvalue weighted by Crippen LogP contribution is -2.37. The summed E-state index contributed by atoms with van der Waals surface area (Å²) in [6.45, 7) is 9.58. The van der Waals surface area contributed by atoms with Gasteiger partial charge < -0.3 is 9.90 Å². The summed E-state index contributed by atoms with van der Waals surface area (Å²) in [4.78, 5) is 19.6. The van der Waals surface area contributed by atoms with Gasteiger partial charge in [-0.1, -0.05) is 34.6 Å². The number of nitrogens with zero attached hydrogens (tertiary/aromatic N) is 2. The molecule has 1 aromatic rings. The Hall–Kier alpha value is -1.45. The second-order valence-corrected chi connectivity index (χ2v) is 5.65. The zero-order valence-electron chi connectivity index (χ0n) is 11.0. The van der Waals surface area contributed by atoms with Gasteiger partial charge in [0.15, 0.2) is 0 Å². The van der Waals surface area contributed by atoms with Gasteiger partial charge in [0.1, 0.15) is 5.82 Å². The summed E-state index contributed by atoms with van der Waals surface area (Å²) in [6, 6.07) is 0. The molecule has 0 aliphatic rings. The molecule has 0 aliphatic heterocycles. The topological polar surface area (TPSA) is 65.9 Å². The van der Waals surface area contributed by atoms with Gasteiger partial charge >= 0.3 is 0 Å². The van der Waals surface area contributed by atoms with Gasteiger partial charge in [-0.25, -0.2) is 9.97 Å². The molecule has 0 N–H and O–H groups in total. The Labute approximate surface area is 102 Å². The second-order valence-electron chi connectivity index (χ2n) is 5.65. The monoisotopic (exact) mass is 235 g/mol. The van der Waals surface area contributed by atoms with Crippen molar-refractivity contribution < 1.29 is 9.90 Å². The van der Waals surface area contributed by atoms with E-state index in [9.17, 15) is 9.90 Å². The maximum atomic E-state index is 11.2. The Morgan fingerprint density at radius 1 is 1.24 bits per heavy atom. The van der Waals surface area contributed by atoms with E-state index in [4.69, 9.17) is 0 Å². The van der Waals surface area contributed by atoms with E-state index in [0.29, 0.717) is 5.56 Å². The Balaban J connectivity index is 3.09. The van der Waals surface area contributed by atoms with Crippen molar-refractivity contribution in [2.45, 2.75) is 46.5 Å². The zero-order valence-corrected chi connectivity index (χ0v) is 11.0. The molecule has 1 aromatic heterocycles. The highest BCUT2D eigenvalue weighted by Crippen LogP contribution is 2.34. The van der Waals surface area contributed by atoms with Crippen molar-refractivity contribution >= 4 is 5.97 Å². The number of carboxylic acid groups (broad SMARTS) is 1. The first kappa shape index (κ1) is 13.6. The van der Waals surface area contributed by atoms with Crippen LogP contribution in [0.1, 0.15) is 57.8 Å². The Morgan fingerprint density at radius 3 is 2.00 bits per heavy atom. The van der Waals surface area contributed by atoms with Gasteiger partial charge in [-0.05, 0) is 11.0 Å². The minimum atomic E-state index is -1.08. The molecule has 94 valence electrons. The molecular formula is C13H19N2O2-. The van der Waals surface area contributed by atoms with E-state index in [-0.39, 0.29) is 5.92 Å². The standard InChI is InChI=1S/C13H20N2O2/c1-8(2)11-14-6-9(7-15-11)10(12(16)17)13(3,4)5/h6-8,10H,1-5H3,(H,16,17)/p-1. The average Bonchev–Trinajstić information content (AvgIpc) is 2.15. The fraction of sp³-hybridized carbons (Fsp3) is 0.615. The largest absolute Gasteiger partial charge is 0.549 e. The summed E-state index contributed by atoms with van der Waals surface area (Å²) in [5.74, 6) is -0.818. The van der Waals surface area contributed by atoms with Gasteiger partial charge in [-0.2, -0.15) is 0 Å². The number of carboxylic acids is 1. The molecule has 0 aliphatic carbocycles. The number of hydrogen-bond acceptors (Lipinski definition) is 4. The highest BCUT2D eigenvalue weighted by molar-refractivity contribution is 5.74. The third-order valence-electron chi connectivity index (χ3n) is 2.64. The molecule has 1 heterocycles. The molecule has 4 nitrogen and oxygen atoms in total. The molecule has 0 radical (unpaired) electrons. The summed E-state index contributed by atoms with van der Waals surface area (Å²) in [5.41, 5.74) is 0.184. The smallest absolute Gasteiger partial charge is 0.130 e. The molecule has 4 heteroatoms. The highest BCUT2D eigenvalue weighted by atomic mass is 16.4. The summed E-state index contributed by atoms with van der Waals surface area (Å²) >= 11 is 0. The molecular weight excluding hydrogens is 216 g/mol. The summed E-state index contributed by atoms with van der Waals surface area (Å²) in [6.07, 6.45) is 3.18. The van der Waals surface area contributed by atoms with Gasteiger partial charge in [0.05, 0.1) is 0 Å². The Morgan fingerprint density at radius 2 is 1.71 bits per heavy atom. The molecule has 1 rings (SSSR count). The molecule has 1 atom stereocenters. The molecule has 0 saturated carbocycles. The van der Waals surface area contributed by atoms with Crippen molar-refractivity contribution in [1.82, 2.24) is 9.97 Å². The third kappa shape index (κ3) is 3.25. The van der Waals surface area contributed by atoms with E-state index in [2.05, 4.69) is 9.97 Å². The summed E-state index contributed by atoms with van der Waals surface area (Å²) < 4.78 is 0. The van der Waals surface area contributed by atoms with Crippen molar-refractivity contribution in [3.63, 3.8) is 0 Å². The predicted octanol–water partition coefficient (Wildman–Crippen LogP) is 1.48. The van der Waals surface area contributed by atoms with E-state index < -0.39 is 17.3 Å². The molecule has 0 saturated heterocycles. The van der Waals surface area contributed by atoms with Gasteiger partial charge in [-0.15, -0.1) is 0 Å².